The molecular formula is C21H24Cl2N2O4S. The predicted octanol–water partition coefficient (Wildman–Crippen LogP) is 4.74. The highest BCUT2D eigenvalue weighted by atomic mass is 35.5. The summed E-state index contributed by atoms with van der Waals surface area (Å²) in [4.78, 5) is 14.6. The molecule has 0 radical (unpaired) electrons. The van der Waals surface area contributed by atoms with Crippen molar-refractivity contribution in [3.63, 3.8) is 0 Å². The van der Waals surface area contributed by atoms with E-state index in [1.54, 1.807) is 23.1 Å². The van der Waals surface area contributed by atoms with Gasteiger partial charge < -0.3 is 9.64 Å². The fourth-order valence-corrected chi connectivity index (χ4v) is 4.79. The molecule has 2 aromatic rings. The smallest absolute Gasteiger partial charge is 0.261 e. The number of benzene rings is 2. The first kappa shape index (κ1) is 22.9. The molecule has 162 valence electrons. The van der Waals surface area contributed by atoms with Gasteiger partial charge in [0.1, 0.15) is 0 Å². The van der Waals surface area contributed by atoms with Crippen LogP contribution in [0.25, 0.3) is 0 Å². The number of nitrogens with one attached hydrogen (secondary N) is 1. The van der Waals surface area contributed by atoms with Gasteiger partial charge in [0.15, 0.2) is 0 Å². The zero-order valence-corrected chi connectivity index (χ0v) is 19.1. The second-order valence-electron chi connectivity index (χ2n) is 7.16. The van der Waals surface area contributed by atoms with Crippen molar-refractivity contribution < 1.29 is 17.9 Å². The molecule has 3 rings (SSSR count). The average molecular weight is 471 g/mol. The van der Waals surface area contributed by atoms with Gasteiger partial charge in [0.25, 0.3) is 15.9 Å². The molecule has 1 heterocycles. The quantitative estimate of drug-likeness (QED) is 0.660. The molecule has 6 nitrogen and oxygen atoms in total. The molecule has 1 N–H and O–H groups in total. The molecule has 1 amide bonds. The van der Waals surface area contributed by atoms with Gasteiger partial charge in [-0.05, 0) is 62.6 Å². The summed E-state index contributed by atoms with van der Waals surface area (Å²) in [6, 6.07) is 9.01. The molecule has 0 spiro atoms. The average Bonchev–Trinajstić information content (AvgIpc) is 2.71. The Morgan fingerprint density at radius 1 is 1.13 bits per heavy atom. The Morgan fingerprint density at radius 3 is 2.47 bits per heavy atom. The third kappa shape index (κ3) is 5.27. The van der Waals surface area contributed by atoms with Crippen molar-refractivity contribution in [2.45, 2.75) is 37.7 Å². The highest BCUT2D eigenvalue weighted by Crippen LogP contribution is 2.27. The fraction of sp³-hybridized carbons (Fsp3) is 0.381. The van der Waals surface area contributed by atoms with Gasteiger partial charge in [-0.2, -0.15) is 0 Å². The Bertz CT molecular complexity index is 1040. The summed E-state index contributed by atoms with van der Waals surface area (Å²) < 4.78 is 33.8. The molecule has 0 bridgehead atoms. The molecule has 2 aromatic carbocycles. The van der Waals surface area contributed by atoms with E-state index in [1.807, 2.05) is 13.8 Å². The van der Waals surface area contributed by atoms with E-state index < -0.39 is 10.0 Å². The molecule has 1 aliphatic heterocycles. The minimum absolute atomic E-state index is 0.0452. The van der Waals surface area contributed by atoms with Crippen molar-refractivity contribution in [2.75, 3.05) is 24.4 Å². The van der Waals surface area contributed by atoms with Crippen molar-refractivity contribution >= 4 is 44.8 Å². The number of amides is 1. The molecule has 0 atom stereocenters. The van der Waals surface area contributed by atoms with Crippen LogP contribution in [0.4, 0.5) is 5.69 Å². The number of hydrogen-bond donors (Lipinski definition) is 1. The second kappa shape index (κ2) is 9.56. The van der Waals surface area contributed by atoms with Gasteiger partial charge in [-0.25, -0.2) is 8.42 Å². The summed E-state index contributed by atoms with van der Waals surface area (Å²) in [6.45, 7) is 5.49. The largest absolute Gasteiger partial charge is 0.378 e. The van der Waals surface area contributed by atoms with Gasteiger partial charge in [0.05, 0.1) is 27.3 Å². The summed E-state index contributed by atoms with van der Waals surface area (Å²) in [5.41, 5.74) is 1.34. The molecule has 1 saturated heterocycles. The topological polar surface area (TPSA) is 75.7 Å². The van der Waals surface area contributed by atoms with Crippen molar-refractivity contribution in [1.82, 2.24) is 4.90 Å². The Labute approximate surface area is 187 Å². The molecule has 0 aromatic heterocycles. The Balaban J connectivity index is 1.80. The maximum Gasteiger partial charge on any atom is 0.261 e. The van der Waals surface area contributed by atoms with Crippen LogP contribution in [0.15, 0.2) is 41.3 Å². The van der Waals surface area contributed by atoms with Crippen LogP contribution in [-0.2, 0) is 14.8 Å². The molecule has 1 fully saturated rings. The Hall–Kier alpha value is -1.80. The number of anilines is 1. The van der Waals surface area contributed by atoms with E-state index in [4.69, 9.17) is 27.9 Å². The molecule has 0 saturated carbocycles. The van der Waals surface area contributed by atoms with Crippen LogP contribution in [0, 0.1) is 6.92 Å². The monoisotopic (exact) mass is 470 g/mol. The van der Waals surface area contributed by atoms with Crippen LogP contribution in [0.5, 0.6) is 0 Å². The van der Waals surface area contributed by atoms with Crippen LogP contribution < -0.4 is 4.72 Å². The first-order valence-corrected chi connectivity index (χ1v) is 11.9. The lowest BCUT2D eigenvalue weighted by Gasteiger charge is -2.32. The number of ether oxygens (including phenoxy) is 1. The number of carbonyl (C=O) groups excluding carboxylic acids is 1. The standard InChI is InChI=1S/C21H24Cl2N2O4S/c1-3-29-16-8-10-25(11-9-16)21(26)18-13-17(6-7-19(18)22)30(27,28)24-15-5-4-14(2)20(23)12-15/h4-7,12-13,16,24H,3,8-11H2,1-2H3. The van der Waals surface area contributed by atoms with Crippen LogP contribution >= 0.6 is 23.2 Å². The van der Waals surface area contributed by atoms with E-state index >= 15 is 0 Å². The summed E-state index contributed by atoms with van der Waals surface area (Å²) in [5, 5.41) is 0.668. The van der Waals surface area contributed by atoms with Gasteiger partial charge in [-0.3, -0.25) is 9.52 Å². The number of piperidine rings is 1. The van der Waals surface area contributed by atoms with Crippen molar-refractivity contribution in [3.05, 3.63) is 57.6 Å². The second-order valence-corrected chi connectivity index (χ2v) is 9.65. The van der Waals surface area contributed by atoms with Crippen LogP contribution in [-0.4, -0.2) is 45.0 Å². The lowest BCUT2D eigenvalue weighted by Crippen LogP contribution is -2.41. The van der Waals surface area contributed by atoms with Gasteiger partial charge in [-0.1, -0.05) is 29.3 Å². The summed E-state index contributed by atoms with van der Waals surface area (Å²) in [5.74, 6) is -0.287. The Morgan fingerprint density at radius 2 is 1.83 bits per heavy atom. The number of aryl methyl sites for hydroxylation is 1. The lowest BCUT2D eigenvalue weighted by atomic mass is 10.1. The molecule has 0 unspecified atom stereocenters. The van der Waals surface area contributed by atoms with E-state index in [2.05, 4.69) is 4.72 Å². The third-order valence-corrected chi connectivity index (χ3v) is 7.15. The number of rotatable bonds is 6. The zero-order chi connectivity index (χ0) is 21.9. The molecule has 30 heavy (non-hydrogen) atoms. The van der Waals surface area contributed by atoms with Crippen molar-refractivity contribution in [3.8, 4) is 0 Å². The summed E-state index contributed by atoms with van der Waals surface area (Å²) in [7, 11) is -3.92. The first-order valence-electron chi connectivity index (χ1n) is 9.70. The molecular weight excluding hydrogens is 447 g/mol. The van der Waals surface area contributed by atoms with Crippen LogP contribution in [0.1, 0.15) is 35.7 Å². The van der Waals surface area contributed by atoms with E-state index in [9.17, 15) is 13.2 Å². The van der Waals surface area contributed by atoms with Gasteiger partial charge in [-0.15, -0.1) is 0 Å². The number of hydrogen-bond acceptors (Lipinski definition) is 4. The maximum atomic E-state index is 13.0. The first-order chi connectivity index (χ1) is 14.2. The number of nitrogens with zero attached hydrogens (tertiary/aromatic N) is 1. The molecule has 9 heteroatoms. The van der Waals surface area contributed by atoms with Crippen molar-refractivity contribution in [1.29, 1.82) is 0 Å². The zero-order valence-electron chi connectivity index (χ0n) is 16.8. The molecule has 0 aliphatic carbocycles. The number of halogens is 2. The maximum absolute atomic E-state index is 13.0. The van der Waals surface area contributed by atoms with Crippen LogP contribution in [0.3, 0.4) is 0 Å². The highest BCUT2D eigenvalue weighted by molar-refractivity contribution is 7.92. The van der Waals surface area contributed by atoms with E-state index in [-0.39, 0.29) is 27.5 Å². The predicted molar refractivity (Wildman–Crippen MR) is 119 cm³/mol. The van der Waals surface area contributed by atoms with Crippen molar-refractivity contribution in [2.24, 2.45) is 0 Å². The number of likely N-dealkylation sites (tertiary alicyclic amines) is 1. The summed E-state index contributed by atoms with van der Waals surface area (Å²) in [6.07, 6.45) is 1.63. The normalized spacial score (nSPS) is 15.3. The fourth-order valence-electron chi connectivity index (χ4n) is 3.34. The Kier molecular flexibility index (Phi) is 7.29. The summed E-state index contributed by atoms with van der Waals surface area (Å²) >= 11 is 12.3. The lowest BCUT2D eigenvalue weighted by molar-refractivity contribution is 0.0146. The van der Waals surface area contributed by atoms with Gasteiger partial charge in [0.2, 0.25) is 0 Å². The minimum atomic E-state index is -3.92. The SMILES string of the molecule is CCOC1CCN(C(=O)c2cc(S(=O)(=O)Nc3ccc(C)c(Cl)c3)ccc2Cl)CC1. The highest BCUT2D eigenvalue weighted by Gasteiger charge is 2.26. The third-order valence-electron chi connectivity index (χ3n) is 5.03. The van der Waals surface area contributed by atoms with E-state index in [0.717, 1.165) is 18.4 Å². The number of sulfonamides is 1. The number of carbonyl (C=O) groups is 1. The van der Waals surface area contributed by atoms with Crippen LogP contribution in [0.2, 0.25) is 10.0 Å². The van der Waals surface area contributed by atoms with Gasteiger partial charge >= 0.3 is 0 Å². The minimum Gasteiger partial charge on any atom is -0.378 e. The van der Waals surface area contributed by atoms with E-state index in [1.165, 1.54) is 18.2 Å². The van der Waals surface area contributed by atoms with Gasteiger partial charge in [0, 0.05) is 24.7 Å². The van der Waals surface area contributed by atoms with E-state index in [0.29, 0.717) is 30.4 Å². The molecule has 1 aliphatic rings.